The minimum atomic E-state index is -0.444. The number of halogens is 1. The van der Waals surface area contributed by atoms with Crippen molar-refractivity contribution in [2.24, 2.45) is 0 Å². The molecule has 180 valence electrons. The molecule has 0 radical (unpaired) electrons. The fraction of sp³-hybridized carbons (Fsp3) is 0.200. The van der Waals surface area contributed by atoms with Crippen molar-refractivity contribution in [2.75, 3.05) is 44.7 Å². The van der Waals surface area contributed by atoms with Gasteiger partial charge in [-0.25, -0.2) is 14.4 Å². The molecule has 3 aromatic rings. The van der Waals surface area contributed by atoms with Crippen LogP contribution in [0.15, 0.2) is 66.3 Å². The molecule has 4 rings (SSSR count). The number of benzene rings is 2. The molecule has 0 unspecified atom stereocenters. The first kappa shape index (κ1) is 23.8. The summed E-state index contributed by atoms with van der Waals surface area (Å²) >= 11 is 0. The summed E-state index contributed by atoms with van der Waals surface area (Å²) in [5, 5.41) is 3.50. The minimum Gasteiger partial charge on any atom is -0.493 e. The third kappa shape index (κ3) is 5.12. The molecule has 0 atom stereocenters. The average Bonchev–Trinajstić information content (AvgIpc) is 2.85. The number of ether oxygens (including phenoxy) is 3. The number of aromatic nitrogens is 2. The number of anilines is 2. The highest BCUT2D eigenvalue weighted by Gasteiger charge is 2.25. The van der Waals surface area contributed by atoms with Crippen LogP contribution in [-0.2, 0) is 14.3 Å². The third-order valence-electron chi connectivity index (χ3n) is 5.34. The zero-order valence-electron chi connectivity index (χ0n) is 19.4. The third-order valence-corrected chi connectivity index (χ3v) is 5.34. The summed E-state index contributed by atoms with van der Waals surface area (Å²) in [4.78, 5) is 35.7. The topological polar surface area (TPSA) is 103 Å². The Labute approximate surface area is 200 Å². The lowest BCUT2D eigenvalue weighted by atomic mass is 10.0. The zero-order valence-corrected chi connectivity index (χ0v) is 19.4. The number of allylic oxidation sites excluding steroid dienone is 2. The van der Waals surface area contributed by atoms with Gasteiger partial charge in [-0.2, -0.15) is 0 Å². The number of methoxy groups -OCH3 is 2. The molecule has 0 saturated heterocycles. The van der Waals surface area contributed by atoms with Gasteiger partial charge in [-0.1, -0.05) is 6.07 Å². The number of hydrogen-bond acceptors (Lipinski definition) is 9. The molecule has 2 aromatic carbocycles. The summed E-state index contributed by atoms with van der Waals surface area (Å²) in [6.45, 7) is 0.739. The Hall–Kier alpha value is -4.31. The molecular weight excluding hydrogens is 455 g/mol. The molecule has 0 saturated carbocycles. The van der Waals surface area contributed by atoms with E-state index in [2.05, 4.69) is 15.3 Å². The molecule has 0 spiro atoms. The average molecular weight is 478 g/mol. The normalized spacial score (nSPS) is 13.4. The second kappa shape index (κ2) is 10.3. The van der Waals surface area contributed by atoms with Gasteiger partial charge in [0.2, 0.25) is 11.6 Å². The van der Waals surface area contributed by atoms with E-state index in [1.807, 2.05) is 0 Å². The molecule has 1 N–H and O–H groups in total. The summed E-state index contributed by atoms with van der Waals surface area (Å²) < 4.78 is 29.7. The Balaban J connectivity index is 1.60. The number of rotatable bonds is 9. The van der Waals surface area contributed by atoms with Crippen molar-refractivity contribution < 1.29 is 28.2 Å². The van der Waals surface area contributed by atoms with Gasteiger partial charge >= 0.3 is 0 Å². The summed E-state index contributed by atoms with van der Waals surface area (Å²) in [7, 11) is 4.68. The maximum atomic E-state index is 13.6. The monoisotopic (exact) mass is 478 g/mol. The van der Waals surface area contributed by atoms with Gasteiger partial charge < -0.3 is 24.4 Å². The van der Waals surface area contributed by atoms with Crippen LogP contribution >= 0.6 is 0 Å². The number of carbonyl (C=O) groups excluding carboxylic acids is 2. The second-order valence-electron chi connectivity index (χ2n) is 7.56. The first-order valence-corrected chi connectivity index (χ1v) is 10.6. The molecule has 0 fully saturated rings. The highest BCUT2D eigenvalue weighted by molar-refractivity contribution is 6.22. The molecule has 35 heavy (non-hydrogen) atoms. The van der Waals surface area contributed by atoms with E-state index in [1.54, 1.807) is 32.4 Å². The number of fused-ring (bicyclic) bond motifs is 1. The molecule has 0 amide bonds. The Bertz CT molecular complexity index is 1350. The quantitative estimate of drug-likeness (QED) is 0.367. The number of ketones is 2. The highest BCUT2D eigenvalue weighted by Crippen LogP contribution is 2.34. The van der Waals surface area contributed by atoms with Gasteiger partial charge in [0.1, 0.15) is 24.6 Å². The maximum Gasteiger partial charge on any atom is 0.204 e. The van der Waals surface area contributed by atoms with Crippen LogP contribution in [0.25, 0.3) is 10.9 Å². The summed E-state index contributed by atoms with van der Waals surface area (Å²) in [5.74, 6) is -0.0341. The molecule has 0 bridgehead atoms. The molecule has 1 aromatic heterocycles. The first-order valence-electron chi connectivity index (χ1n) is 10.6. The largest absolute Gasteiger partial charge is 0.493 e. The summed E-state index contributed by atoms with van der Waals surface area (Å²) in [5.41, 5.74) is 1.16. The van der Waals surface area contributed by atoms with Crippen LogP contribution in [0.2, 0.25) is 0 Å². The van der Waals surface area contributed by atoms with Crippen molar-refractivity contribution in [1.82, 2.24) is 9.97 Å². The van der Waals surface area contributed by atoms with Crippen LogP contribution < -0.4 is 19.7 Å². The van der Waals surface area contributed by atoms with Crippen LogP contribution in [0.1, 0.15) is 0 Å². The van der Waals surface area contributed by atoms with Gasteiger partial charge in [0.15, 0.2) is 11.5 Å². The molecule has 1 aliphatic rings. The van der Waals surface area contributed by atoms with Crippen molar-refractivity contribution in [3.63, 3.8) is 0 Å². The van der Waals surface area contributed by atoms with Gasteiger partial charge in [0, 0.05) is 43.4 Å². The first-order chi connectivity index (χ1) is 16.9. The predicted octanol–water partition coefficient (Wildman–Crippen LogP) is 3.27. The lowest BCUT2D eigenvalue weighted by molar-refractivity contribution is -0.115. The van der Waals surface area contributed by atoms with E-state index in [1.165, 1.54) is 48.7 Å². The Morgan fingerprint density at radius 2 is 1.83 bits per heavy atom. The number of nitrogens with one attached hydrogen (secondary N) is 1. The lowest BCUT2D eigenvalue weighted by Crippen LogP contribution is -2.28. The number of hydrogen-bond donors (Lipinski definition) is 1. The fourth-order valence-corrected chi connectivity index (χ4v) is 3.53. The van der Waals surface area contributed by atoms with Gasteiger partial charge in [-0.3, -0.25) is 9.59 Å². The minimum absolute atomic E-state index is 0.0470. The Morgan fingerprint density at radius 1 is 1.00 bits per heavy atom. The van der Waals surface area contributed by atoms with Gasteiger partial charge in [-0.15, -0.1) is 0 Å². The predicted molar refractivity (Wildman–Crippen MR) is 128 cm³/mol. The van der Waals surface area contributed by atoms with Crippen LogP contribution in [0.3, 0.4) is 0 Å². The van der Waals surface area contributed by atoms with Crippen LogP contribution in [0.5, 0.6) is 11.5 Å². The van der Waals surface area contributed by atoms with E-state index < -0.39 is 17.4 Å². The fourth-order valence-electron chi connectivity index (χ4n) is 3.53. The number of nitrogens with zero attached hydrogens (tertiary/aromatic N) is 3. The SMILES string of the molecule is COCCOc1cc2ncnc(NC3=CC(=O)C(N(C)c4cccc(F)c4)=CC3=O)c2cc1OC. The maximum absolute atomic E-state index is 13.6. The van der Waals surface area contributed by atoms with E-state index in [0.29, 0.717) is 47.1 Å². The number of likely N-dealkylation sites (N-methyl/N-ethyl adjacent to an activating group) is 1. The van der Waals surface area contributed by atoms with Crippen LogP contribution in [0.4, 0.5) is 15.9 Å². The zero-order chi connectivity index (χ0) is 24.9. The van der Waals surface area contributed by atoms with Crippen molar-refractivity contribution >= 4 is 34.0 Å². The number of carbonyl (C=O) groups is 2. The molecule has 0 aliphatic heterocycles. The second-order valence-corrected chi connectivity index (χ2v) is 7.56. The molecule has 1 heterocycles. The Kier molecular flexibility index (Phi) is 7.02. The molecule has 10 heteroatoms. The molecule has 9 nitrogen and oxygen atoms in total. The van der Waals surface area contributed by atoms with Crippen LogP contribution in [0, 0.1) is 5.82 Å². The van der Waals surface area contributed by atoms with E-state index in [9.17, 15) is 14.0 Å². The molecule has 1 aliphatic carbocycles. The lowest BCUT2D eigenvalue weighted by Gasteiger charge is -2.23. The van der Waals surface area contributed by atoms with Crippen LogP contribution in [-0.4, -0.2) is 56.0 Å². The van der Waals surface area contributed by atoms with E-state index in [0.717, 1.165) is 0 Å². The van der Waals surface area contributed by atoms with Crippen molar-refractivity contribution in [1.29, 1.82) is 0 Å². The van der Waals surface area contributed by atoms with Gasteiger partial charge in [0.25, 0.3) is 0 Å². The van der Waals surface area contributed by atoms with Gasteiger partial charge in [0.05, 0.1) is 30.6 Å². The van der Waals surface area contributed by atoms with Crippen molar-refractivity contribution in [3.05, 3.63) is 72.1 Å². The Morgan fingerprint density at radius 3 is 2.57 bits per heavy atom. The van der Waals surface area contributed by atoms with E-state index in [-0.39, 0.29) is 11.4 Å². The smallest absolute Gasteiger partial charge is 0.204 e. The highest BCUT2D eigenvalue weighted by atomic mass is 19.1. The summed E-state index contributed by atoms with van der Waals surface area (Å²) in [6, 6.07) is 9.15. The van der Waals surface area contributed by atoms with E-state index >= 15 is 0 Å². The standard InChI is InChI=1S/C25H23FN4O5/c1-30(16-6-4-5-15(26)9-16)20-13-21(31)19(11-22(20)32)29-25-17-10-23(34-3)24(35-8-7-33-2)12-18(17)27-14-28-25/h4-6,9-14H,7-8H2,1-3H3,(H,27,28,29). The van der Waals surface area contributed by atoms with E-state index in [4.69, 9.17) is 14.2 Å². The summed E-state index contributed by atoms with van der Waals surface area (Å²) in [6.07, 6.45) is 3.74. The van der Waals surface area contributed by atoms with Gasteiger partial charge in [-0.05, 0) is 24.3 Å². The van der Waals surface area contributed by atoms with Crippen molar-refractivity contribution in [3.8, 4) is 11.5 Å². The van der Waals surface area contributed by atoms with Crippen molar-refractivity contribution in [2.45, 2.75) is 0 Å². The molecular formula is C25H23FN4O5.